The number of para-hydroxylation sites is 1. The first kappa shape index (κ1) is 26.0. The van der Waals surface area contributed by atoms with Crippen LogP contribution in [0.5, 0.6) is 0 Å². The van der Waals surface area contributed by atoms with Gasteiger partial charge in [-0.05, 0) is 35.4 Å². The number of nitrogens with zero attached hydrogens (tertiary/aromatic N) is 2. The average Bonchev–Trinajstić information content (AvgIpc) is 3.36. The summed E-state index contributed by atoms with van der Waals surface area (Å²) in [6.07, 6.45) is 0.630. The minimum Gasteiger partial charge on any atom is -0.479 e. The van der Waals surface area contributed by atoms with E-state index < -0.39 is 36.2 Å². The Bertz CT molecular complexity index is 1430. The predicted molar refractivity (Wildman–Crippen MR) is 129 cm³/mol. The van der Waals surface area contributed by atoms with Gasteiger partial charge in [0.15, 0.2) is 11.9 Å². The largest absolute Gasteiger partial charge is 0.479 e. The molecule has 1 aromatic heterocycles. The van der Waals surface area contributed by atoms with Crippen molar-refractivity contribution in [2.45, 2.75) is 12.6 Å². The van der Waals surface area contributed by atoms with Gasteiger partial charge in [-0.2, -0.15) is 4.39 Å². The normalized spacial score (nSPS) is 11.9. The maximum Gasteiger partial charge on any atom is 0.341 e. The molecule has 3 N–H and O–H groups in total. The van der Waals surface area contributed by atoms with Gasteiger partial charge in [0, 0.05) is 23.2 Å². The number of carbonyl (C=O) groups excluding carboxylic acids is 1. The van der Waals surface area contributed by atoms with Crippen molar-refractivity contribution in [2.75, 3.05) is 6.54 Å². The minimum atomic E-state index is -1.79. The van der Waals surface area contributed by atoms with E-state index in [1.165, 1.54) is 52.2 Å². The molecule has 8 nitrogen and oxygen atoms in total. The van der Waals surface area contributed by atoms with Crippen LogP contribution in [0.4, 0.5) is 8.78 Å². The van der Waals surface area contributed by atoms with E-state index in [1.807, 2.05) is 0 Å². The molecular weight excluding hydrogens is 508 g/mol. The van der Waals surface area contributed by atoms with Crippen LogP contribution in [0.15, 0.2) is 83.7 Å². The van der Waals surface area contributed by atoms with Crippen molar-refractivity contribution in [3.8, 4) is 16.8 Å². The number of aliphatic hydroxyl groups excluding tert-OH is 1. The Balaban J connectivity index is 1.51. The zero-order valence-corrected chi connectivity index (χ0v) is 19.9. The van der Waals surface area contributed by atoms with Crippen molar-refractivity contribution >= 4 is 23.5 Å². The Morgan fingerprint density at radius 3 is 2.49 bits per heavy atom. The van der Waals surface area contributed by atoms with E-state index in [2.05, 4.69) is 5.43 Å². The molecule has 11 heteroatoms. The van der Waals surface area contributed by atoms with Crippen LogP contribution in [0.2, 0.25) is 5.02 Å². The van der Waals surface area contributed by atoms with E-state index in [9.17, 15) is 23.5 Å². The van der Waals surface area contributed by atoms with Gasteiger partial charge >= 0.3 is 18.3 Å². The van der Waals surface area contributed by atoms with Gasteiger partial charge in [-0.3, -0.25) is 10.2 Å². The monoisotopic (exact) mass is 528 g/mol. The molecule has 0 saturated heterocycles. The van der Waals surface area contributed by atoms with Gasteiger partial charge in [-0.25, -0.2) is 14.2 Å². The fourth-order valence-electron chi connectivity index (χ4n) is 3.56. The molecule has 0 aliphatic carbocycles. The zero-order valence-electron chi connectivity index (χ0n) is 19.1. The fourth-order valence-corrected chi connectivity index (χ4v) is 3.74. The highest BCUT2D eigenvalue weighted by atomic mass is 35.5. The molecular formula is C26H21ClF2N3O5+. The second-order valence-electron chi connectivity index (χ2n) is 8.07. The summed E-state index contributed by atoms with van der Waals surface area (Å²) in [7, 11) is 0. The molecule has 1 heterocycles. The molecule has 0 aliphatic rings. The highest BCUT2D eigenvalue weighted by Gasteiger charge is 2.25. The average molecular weight is 529 g/mol. The molecule has 4 rings (SSSR count). The lowest BCUT2D eigenvalue weighted by Gasteiger charge is -2.24. The number of aromatic nitrogens is 1. The number of hydrogen-bond acceptors (Lipinski definition) is 5. The Kier molecular flexibility index (Phi) is 7.92. The summed E-state index contributed by atoms with van der Waals surface area (Å²) in [5.74, 6) is -3.36. The van der Waals surface area contributed by atoms with Crippen LogP contribution in [0.1, 0.15) is 16.1 Å². The molecule has 190 valence electrons. The summed E-state index contributed by atoms with van der Waals surface area (Å²) < 4.78 is 34.8. The van der Waals surface area contributed by atoms with Gasteiger partial charge in [0.25, 0.3) is 5.76 Å². The number of amides is 1. The molecule has 0 bridgehead atoms. The third-order valence-electron chi connectivity index (χ3n) is 5.41. The molecule has 0 saturated carbocycles. The van der Waals surface area contributed by atoms with Crippen LogP contribution < -0.4 is 9.99 Å². The molecule has 1 atom stereocenters. The van der Waals surface area contributed by atoms with Crippen LogP contribution in [0.25, 0.3) is 16.8 Å². The number of rotatable bonds is 9. The second kappa shape index (κ2) is 11.3. The molecule has 1 amide bonds. The molecule has 4 aromatic rings. The molecule has 0 spiro atoms. The number of benzene rings is 3. The number of nitrogens with one attached hydrogen (secondary N) is 1. The Labute approximate surface area is 214 Å². The number of hydrazine groups is 1. The quantitative estimate of drug-likeness (QED) is 0.226. The molecule has 3 aromatic carbocycles. The Morgan fingerprint density at radius 1 is 1.05 bits per heavy atom. The zero-order chi connectivity index (χ0) is 26.5. The van der Waals surface area contributed by atoms with Crippen LogP contribution in [-0.4, -0.2) is 39.7 Å². The third-order valence-corrected chi connectivity index (χ3v) is 5.64. The van der Waals surface area contributed by atoms with Gasteiger partial charge in [-0.1, -0.05) is 48.0 Å². The summed E-state index contributed by atoms with van der Waals surface area (Å²) >= 11 is 5.97. The summed E-state index contributed by atoms with van der Waals surface area (Å²) in [6.45, 7) is -0.442. The van der Waals surface area contributed by atoms with Crippen molar-refractivity contribution < 1.29 is 37.6 Å². The van der Waals surface area contributed by atoms with E-state index in [0.717, 1.165) is 6.39 Å². The number of oxazole rings is 1. The summed E-state index contributed by atoms with van der Waals surface area (Å²) in [4.78, 5) is 24.0. The molecule has 37 heavy (non-hydrogen) atoms. The molecule has 0 unspecified atom stereocenters. The number of hydrogen-bond donors (Lipinski definition) is 3. The standard InChI is InChI=1S/C26H20ClF2N3O5/c27-18-9-10-20(28)19(11-18)17-7-5-16(6-8-17)12-32(13-23(33)26(35)36)30-25(34)24-14-31(15-37-24)22-4-2-1-3-21(22)29/h1-11,14-15,23,33H,12-13H2,(H-,30,34,35,36)/p+1/t23-/m1/s1. The summed E-state index contributed by atoms with van der Waals surface area (Å²) in [5, 5.41) is 20.6. The Hall–Kier alpha value is -4.12. The lowest BCUT2D eigenvalue weighted by molar-refractivity contribution is -0.601. The summed E-state index contributed by atoms with van der Waals surface area (Å²) in [6, 6.07) is 16.8. The number of carbonyl (C=O) groups is 2. The third kappa shape index (κ3) is 6.36. The SMILES string of the molecule is O=C(NN(Cc1ccc(-c2cc(Cl)ccc2F)cc1)C[C@@H](O)C(=O)O)c1c[n+](-c2ccccc2F)co1. The highest BCUT2D eigenvalue weighted by molar-refractivity contribution is 6.30. The number of aliphatic carboxylic acids is 1. The lowest BCUT2D eigenvalue weighted by atomic mass is 10.0. The van der Waals surface area contributed by atoms with Gasteiger partial charge < -0.3 is 14.6 Å². The number of halogens is 3. The van der Waals surface area contributed by atoms with Gasteiger partial charge in [0.05, 0.1) is 6.54 Å². The van der Waals surface area contributed by atoms with Crippen molar-refractivity contribution in [2.24, 2.45) is 0 Å². The molecule has 0 radical (unpaired) electrons. The van der Waals surface area contributed by atoms with E-state index in [4.69, 9.17) is 21.1 Å². The van der Waals surface area contributed by atoms with E-state index in [-0.39, 0.29) is 18.0 Å². The minimum absolute atomic E-state index is 0.00239. The van der Waals surface area contributed by atoms with Crippen LogP contribution in [-0.2, 0) is 11.3 Å². The van der Waals surface area contributed by atoms with Crippen LogP contribution >= 0.6 is 11.6 Å². The van der Waals surface area contributed by atoms with Crippen LogP contribution in [0.3, 0.4) is 0 Å². The fraction of sp³-hybridized carbons (Fsp3) is 0.115. The van der Waals surface area contributed by atoms with Gasteiger partial charge in [0.2, 0.25) is 11.9 Å². The highest BCUT2D eigenvalue weighted by Crippen LogP contribution is 2.26. The summed E-state index contributed by atoms with van der Waals surface area (Å²) in [5.41, 5.74) is 4.18. The van der Waals surface area contributed by atoms with Crippen molar-refractivity contribution in [1.82, 2.24) is 10.4 Å². The maximum atomic E-state index is 14.2. The Morgan fingerprint density at radius 2 is 1.78 bits per heavy atom. The van der Waals surface area contributed by atoms with E-state index in [1.54, 1.807) is 30.3 Å². The molecule has 0 fully saturated rings. The van der Waals surface area contributed by atoms with Crippen molar-refractivity contribution in [3.05, 3.63) is 107 Å². The predicted octanol–water partition coefficient (Wildman–Crippen LogP) is 3.75. The first-order valence-corrected chi connectivity index (χ1v) is 11.3. The lowest BCUT2D eigenvalue weighted by Crippen LogP contribution is -2.47. The van der Waals surface area contributed by atoms with E-state index >= 15 is 0 Å². The van der Waals surface area contributed by atoms with Gasteiger partial charge in [0.1, 0.15) is 5.82 Å². The first-order valence-electron chi connectivity index (χ1n) is 11.0. The van der Waals surface area contributed by atoms with E-state index in [0.29, 0.717) is 21.7 Å². The smallest absolute Gasteiger partial charge is 0.341 e. The second-order valence-corrected chi connectivity index (χ2v) is 8.51. The first-order chi connectivity index (χ1) is 17.7. The molecule has 0 aliphatic heterocycles. The number of carboxylic acid groups (broad SMARTS) is 1. The topological polar surface area (TPSA) is 107 Å². The van der Waals surface area contributed by atoms with Gasteiger partial charge in [-0.15, -0.1) is 4.57 Å². The van der Waals surface area contributed by atoms with Crippen molar-refractivity contribution in [1.29, 1.82) is 0 Å². The van der Waals surface area contributed by atoms with Crippen molar-refractivity contribution in [3.63, 3.8) is 0 Å². The maximum absolute atomic E-state index is 14.2. The number of aliphatic hydroxyl groups is 1. The van der Waals surface area contributed by atoms with Crippen LogP contribution in [0, 0.1) is 11.6 Å². The number of carboxylic acids is 1.